The maximum atomic E-state index is 10.9. The van der Waals surface area contributed by atoms with Gasteiger partial charge in [0.25, 0.3) is 0 Å². The van der Waals surface area contributed by atoms with Crippen LogP contribution in [-0.4, -0.2) is 29.5 Å². The Balaban J connectivity index is 2.45. The van der Waals surface area contributed by atoms with E-state index in [4.69, 9.17) is 5.73 Å². The summed E-state index contributed by atoms with van der Waals surface area (Å²) in [7, 11) is 0. The van der Waals surface area contributed by atoms with Crippen LogP contribution >= 0.6 is 11.8 Å². The van der Waals surface area contributed by atoms with E-state index in [1.54, 1.807) is 11.8 Å². The van der Waals surface area contributed by atoms with Crippen molar-refractivity contribution in [2.75, 3.05) is 12.3 Å². The van der Waals surface area contributed by atoms with Crippen molar-refractivity contribution in [3.63, 3.8) is 0 Å². The Labute approximate surface area is 109 Å². The summed E-state index contributed by atoms with van der Waals surface area (Å²) in [5.74, 6) is 0.279. The molecular weight excluding hydrogens is 232 g/mol. The van der Waals surface area contributed by atoms with Crippen LogP contribution in [-0.2, 0) is 4.79 Å². The molecule has 1 saturated carbocycles. The third-order valence-electron chi connectivity index (χ3n) is 3.30. The highest BCUT2D eigenvalue weighted by molar-refractivity contribution is 8.00. The fourth-order valence-corrected chi connectivity index (χ4v) is 3.58. The minimum atomic E-state index is -0.189. The molecule has 0 spiro atoms. The fourth-order valence-electron chi connectivity index (χ4n) is 2.40. The molecule has 0 aromatic heterocycles. The van der Waals surface area contributed by atoms with Crippen LogP contribution in [0.5, 0.6) is 0 Å². The van der Waals surface area contributed by atoms with E-state index in [1.165, 1.54) is 44.9 Å². The maximum absolute atomic E-state index is 10.9. The van der Waals surface area contributed by atoms with Crippen LogP contribution in [0, 0.1) is 0 Å². The molecule has 4 heteroatoms. The fraction of sp³-hybridized carbons (Fsp3) is 0.923. The average molecular weight is 258 g/mol. The number of primary amides is 1. The smallest absolute Gasteiger partial charge is 0.227 e. The standard InChI is InChI=1S/C13H26N2OS/c1-2-9-15-11-7-5-3-4-6-8-12(11)17-10-13(14)16/h11-12,15H,2-10H2,1H3,(H2,14,16). The number of hydrogen-bond donors (Lipinski definition) is 2. The van der Waals surface area contributed by atoms with Crippen LogP contribution in [0.2, 0.25) is 0 Å². The molecule has 1 aliphatic rings. The number of amides is 1. The summed E-state index contributed by atoms with van der Waals surface area (Å²) in [4.78, 5) is 10.9. The van der Waals surface area contributed by atoms with Gasteiger partial charge >= 0.3 is 0 Å². The third kappa shape index (κ3) is 6.32. The first-order valence-electron chi connectivity index (χ1n) is 6.87. The summed E-state index contributed by atoms with van der Waals surface area (Å²) in [6.45, 7) is 3.28. The van der Waals surface area contributed by atoms with Gasteiger partial charge in [0.05, 0.1) is 5.75 Å². The molecule has 3 N–H and O–H groups in total. The van der Waals surface area contributed by atoms with E-state index in [0.717, 1.165) is 6.54 Å². The highest BCUT2D eigenvalue weighted by Gasteiger charge is 2.22. The SMILES string of the molecule is CCCNC1CCCCCCC1SCC(N)=O. The third-order valence-corrected chi connectivity index (χ3v) is 4.74. The number of carbonyl (C=O) groups excluding carboxylic acids is 1. The van der Waals surface area contributed by atoms with Gasteiger partial charge in [-0.25, -0.2) is 0 Å². The van der Waals surface area contributed by atoms with Gasteiger partial charge in [-0.2, -0.15) is 0 Å². The molecule has 2 atom stereocenters. The zero-order valence-corrected chi connectivity index (χ0v) is 11.7. The van der Waals surface area contributed by atoms with Gasteiger partial charge in [0.1, 0.15) is 0 Å². The molecule has 1 aliphatic carbocycles. The molecule has 100 valence electrons. The molecule has 0 aromatic rings. The van der Waals surface area contributed by atoms with Gasteiger partial charge in [0.2, 0.25) is 5.91 Å². The second-order valence-electron chi connectivity index (χ2n) is 4.87. The summed E-state index contributed by atoms with van der Waals surface area (Å²) in [6, 6.07) is 0.569. The number of rotatable bonds is 6. The topological polar surface area (TPSA) is 55.1 Å². The molecule has 0 saturated heterocycles. The molecule has 0 aromatic carbocycles. The maximum Gasteiger partial charge on any atom is 0.227 e. The first-order valence-corrected chi connectivity index (χ1v) is 7.92. The molecule has 0 bridgehead atoms. The van der Waals surface area contributed by atoms with Crippen molar-refractivity contribution < 1.29 is 4.79 Å². The minimum absolute atomic E-state index is 0.189. The van der Waals surface area contributed by atoms with Gasteiger partial charge in [-0.15, -0.1) is 11.8 Å². The molecule has 1 amide bonds. The summed E-state index contributed by atoms with van der Waals surface area (Å²) >= 11 is 1.75. The summed E-state index contributed by atoms with van der Waals surface area (Å²) in [5, 5.41) is 4.20. The molecular formula is C13H26N2OS. The normalized spacial score (nSPS) is 26.2. The van der Waals surface area contributed by atoms with Gasteiger partial charge in [0, 0.05) is 11.3 Å². The molecule has 2 unspecified atom stereocenters. The zero-order valence-electron chi connectivity index (χ0n) is 10.9. The Morgan fingerprint density at radius 3 is 2.65 bits per heavy atom. The molecule has 1 rings (SSSR count). The average Bonchev–Trinajstić information content (AvgIpc) is 2.27. The molecule has 0 aliphatic heterocycles. The zero-order chi connectivity index (χ0) is 12.5. The van der Waals surface area contributed by atoms with Gasteiger partial charge in [0.15, 0.2) is 0 Å². The Hall–Kier alpha value is -0.220. The van der Waals surface area contributed by atoms with E-state index >= 15 is 0 Å². The summed E-state index contributed by atoms with van der Waals surface area (Å²) < 4.78 is 0. The lowest BCUT2D eigenvalue weighted by Gasteiger charge is -2.29. The lowest BCUT2D eigenvalue weighted by molar-refractivity contribution is -0.115. The highest BCUT2D eigenvalue weighted by atomic mass is 32.2. The van der Waals surface area contributed by atoms with E-state index in [2.05, 4.69) is 12.2 Å². The Morgan fingerprint density at radius 1 is 1.29 bits per heavy atom. The molecule has 0 radical (unpaired) electrons. The molecule has 3 nitrogen and oxygen atoms in total. The van der Waals surface area contributed by atoms with Gasteiger partial charge in [-0.1, -0.05) is 32.6 Å². The number of nitrogens with two attached hydrogens (primary N) is 1. The van der Waals surface area contributed by atoms with Crippen LogP contribution in [0.15, 0.2) is 0 Å². The Bertz CT molecular complexity index is 221. The predicted molar refractivity (Wildman–Crippen MR) is 75.2 cm³/mol. The number of thioether (sulfide) groups is 1. The van der Waals surface area contributed by atoms with E-state index in [0.29, 0.717) is 17.0 Å². The van der Waals surface area contributed by atoms with Crippen LogP contribution in [0.1, 0.15) is 51.9 Å². The number of hydrogen-bond acceptors (Lipinski definition) is 3. The molecule has 0 heterocycles. The van der Waals surface area contributed by atoms with Crippen LogP contribution in [0.25, 0.3) is 0 Å². The van der Waals surface area contributed by atoms with Crippen molar-refractivity contribution in [2.24, 2.45) is 5.73 Å². The van der Waals surface area contributed by atoms with Crippen LogP contribution in [0.4, 0.5) is 0 Å². The van der Waals surface area contributed by atoms with Crippen molar-refractivity contribution in [3.05, 3.63) is 0 Å². The summed E-state index contributed by atoms with van der Waals surface area (Å²) in [6.07, 6.45) is 8.95. The number of carbonyl (C=O) groups is 1. The predicted octanol–water partition coefficient (Wildman–Crippen LogP) is 2.30. The van der Waals surface area contributed by atoms with E-state index in [1.807, 2.05) is 0 Å². The van der Waals surface area contributed by atoms with E-state index in [-0.39, 0.29) is 5.91 Å². The lowest BCUT2D eigenvalue weighted by Crippen LogP contribution is -2.40. The Morgan fingerprint density at radius 2 is 2.00 bits per heavy atom. The molecule has 17 heavy (non-hydrogen) atoms. The minimum Gasteiger partial charge on any atom is -0.369 e. The summed E-state index contributed by atoms with van der Waals surface area (Å²) in [5.41, 5.74) is 5.24. The largest absolute Gasteiger partial charge is 0.369 e. The second kappa shape index (κ2) is 8.81. The monoisotopic (exact) mass is 258 g/mol. The van der Waals surface area contributed by atoms with Crippen molar-refractivity contribution in [1.29, 1.82) is 0 Å². The van der Waals surface area contributed by atoms with Gasteiger partial charge < -0.3 is 11.1 Å². The Kier molecular flexibility index (Phi) is 7.69. The number of nitrogens with one attached hydrogen (secondary N) is 1. The van der Waals surface area contributed by atoms with Crippen molar-refractivity contribution >= 4 is 17.7 Å². The van der Waals surface area contributed by atoms with Crippen molar-refractivity contribution in [2.45, 2.75) is 63.2 Å². The lowest BCUT2D eigenvalue weighted by atomic mass is 9.96. The van der Waals surface area contributed by atoms with Crippen LogP contribution < -0.4 is 11.1 Å². The quantitative estimate of drug-likeness (QED) is 0.768. The second-order valence-corrected chi connectivity index (χ2v) is 6.10. The van der Waals surface area contributed by atoms with Crippen molar-refractivity contribution in [1.82, 2.24) is 5.32 Å². The van der Waals surface area contributed by atoms with Gasteiger partial charge in [-0.05, 0) is 25.8 Å². The van der Waals surface area contributed by atoms with Gasteiger partial charge in [-0.3, -0.25) is 4.79 Å². The van der Waals surface area contributed by atoms with Crippen molar-refractivity contribution in [3.8, 4) is 0 Å². The molecule has 1 fully saturated rings. The first-order chi connectivity index (χ1) is 8.24. The van der Waals surface area contributed by atoms with E-state index in [9.17, 15) is 4.79 Å². The highest BCUT2D eigenvalue weighted by Crippen LogP contribution is 2.27. The van der Waals surface area contributed by atoms with E-state index < -0.39 is 0 Å². The first kappa shape index (κ1) is 14.8. The van der Waals surface area contributed by atoms with Crippen LogP contribution in [0.3, 0.4) is 0 Å².